The molecule has 3 aromatic heterocycles. The first-order chi connectivity index (χ1) is 17.9. The lowest BCUT2D eigenvalue weighted by Crippen LogP contribution is -2.49. The van der Waals surface area contributed by atoms with Crippen molar-refractivity contribution >= 4 is 29.2 Å². The molecule has 0 amide bonds. The number of hydrogen-bond acceptors (Lipinski definition) is 7. The normalized spacial score (nSPS) is 24.8. The Morgan fingerprint density at radius 2 is 1.76 bits per heavy atom. The van der Waals surface area contributed by atoms with Crippen LogP contribution in [0.2, 0.25) is 10.0 Å². The Balaban J connectivity index is 1.13. The lowest BCUT2D eigenvalue weighted by Gasteiger charge is -2.52. The number of ether oxygens (including phenoxy) is 2. The standard InChI is InChI=1S/C27H27Cl2N3O5/c28-19-12-30-13-20(29)22(19)23-18(24(37-32-23)16-1-2-16)14-36-27-8-5-26(6-9-27,7-10-27)15-35-21-4-3-17(11-31-21)25(33)34/h3-4,11-13,16H,1-2,5-10,14-15H2,(H,33,34). The van der Waals surface area contributed by atoms with Gasteiger partial charge in [0.15, 0.2) is 0 Å². The summed E-state index contributed by atoms with van der Waals surface area (Å²) in [5.41, 5.74) is 2.29. The number of fused-ring (bicyclic) bond motifs is 3. The van der Waals surface area contributed by atoms with Crippen LogP contribution in [-0.2, 0) is 11.3 Å². The van der Waals surface area contributed by atoms with Crippen LogP contribution in [-0.4, -0.2) is 38.4 Å². The van der Waals surface area contributed by atoms with E-state index < -0.39 is 5.97 Å². The number of carboxylic acid groups (broad SMARTS) is 1. The maximum absolute atomic E-state index is 11.0. The van der Waals surface area contributed by atoms with E-state index >= 15 is 0 Å². The molecule has 0 unspecified atom stereocenters. The summed E-state index contributed by atoms with van der Waals surface area (Å²) in [7, 11) is 0. The van der Waals surface area contributed by atoms with E-state index in [0.29, 0.717) is 46.3 Å². The molecule has 0 aliphatic heterocycles. The van der Waals surface area contributed by atoms with Crippen LogP contribution in [0.5, 0.6) is 5.88 Å². The highest BCUT2D eigenvalue weighted by Gasteiger charge is 2.50. The topological polar surface area (TPSA) is 108 Å². The van der Waals surface area contributed by atoms with Crippen molar-refractivity contribution in [3.05, 3.63) is 57.7 Å². The van der Waals surface area contributed by atoms with Crippen LogP contribution >= 0.6 is 23.2 Å². The van der Waals surface area contributed by atoms with Gasteiger partial charge >= 0.3 is 5.97 Å². The van der Waals surface area contributed by atoms with Gasteiger partial charge < -0.3 is 19.1 Å². The minimum Gasteiger partial charge on any atom is -0.478 e. The van der Waals surface area contributed by atoms with E-state index in [1.54, 1.807) is 18.5 Å². The Kier molecular flexibility index (Phi) is 6.37. The van der Waals surface area contributed by atoms with Gasteiger partial charge in [0.25, 0.3) is 0 Å². The van der Waals surface area contributed by atoms with Crippen molar-refractivity contribution in [2.45, 2.75) is 69.5 Å². The maximum atomic E-state index is 11.0. The Morgan fingerprint density at radius 1 is 1.05 bits per heavy atom. The first-order valence-electron chi connectivity index (χ1n) is 12.6. The summed E-state index contributed by atoms with van der Waals surface area (Å²) in [6.07, 6.45) is 12.5. The van der Waals surface area contributed by atoms with Gasteiger partial charge in [-0.15, -0.1) is 0 Å². The highest BCUT2D eigenvalue weighted by atomic mass is 35.5. The van der Waals surface area contributed by atoms with Crippen molar-refractivity contribution < 1.29 is 23.9 Å². The third-order valence-corrected chi connectivity index (χ3v) is 8.80. The monoisotopic (exact) mass is 543 g/mol. The van der Waals surface area contributed by atoms with Crippen LogP contribution in [0.3, 0.4) is 0 Å². The maximum Gasteiger partial charge on any atom is 0.337 e. The number of aromatic nitrogens is 3. The molecular formula is C27H27Cl2N3O5. The molecule has 0 aromatic carbocycles. The predicted molar refractivity (Wildman–Crippen MR) is 136 cm³/mol. The van der Waals surface area contributed by atoms with Gasteiger partial charge in [-0.3, -0.25) is 4.98 Å². The SMILES string of the molecule is O=C(O)c1ccc(OCC23CCC(OCc4c(-c5c(Cl)cncc5Cl)noc4C4CC4)(CC2)CC3)nc1. The van der Waals surface area contributed by atoms with Crippen LogP contribution < -0.4 is 4.74 Å². The number of carboxylic acids is 1. The van der Waals surface area contributed by atoms with E-state index in [1.165, 1.54) is 12.3 Å². The van der Waals surface area contributed by atoms with Crippen molar-refractivity contribution in [2.24, 2.45) is 5.41 Å². The fourth-order valence-electron chi connectivity index (χ4n) is 5.67. The second-order valence-corrected chi connectivity index (χ2v) is 11.4. The summed E-state index contributed by atoms with van der Waals surface area (Å²) >= 11 is 12.9. The minimum absolute atomic E-state index is 0.0951. The summed E-state index contributed by atoms with van der Waals surface area (Å²) in [5, 5.41) is 14.3. The van der Waals surface area contributed by atoms with Gasteiger partial charge in [0.2, 0.25) is 5.88 Å². The van der Waals surface area contributed by atoms with Crippen molar-refractivity contribution in [3.8, 4) is 17.1 Å². The molecule has 2 bridgehead atoms. The zero-order valence-corrected chi connectivity index (χ0v) is 21.7. The smallest absolute Gasteiger partial charge is 0.337 e. The third-order valence-electron chi connectivity index (χ3n) is 8.22. The van der Waals surface area contributed by atoms with Crippen molar-refractivity contribution in [1.29, 1.82) is 0 Å². The van der Waals surface area contributed by atoms with E-state index in [2.05, 4.69) is 15.1 Å². The predicted octanol–water partition coefficient (Wildman–Crippen LogP) is 6.70. The molecule has 4 saturated carbocycles. The van der Waals surface area contributed by atoms with Crippen LogP contribution in [0.1, 0.15) is 79.0 Å². The van der Waals surface area contributed by atoms with E-state index in [4.69, 9.17) is 42.3 Å². The number of nitrogens with zero attached hydrogens (tertiary/aromatic N) is 3. The summed E-state index contributed by atoms with van der Waals surface area (Å²) in [6, 6.07) is 3.14. The average molecular weight is 544 g/mol. The molecule has 194 valence electrons. The number of halogens is 2. The molecule has 37 heavy (non-hydrogen) atoms. The van der Waals surface area contributed by atoms with Gasteiger partial charge in [0, 0.05) is 47.1 Å². The second kappa shape index (κ2) is 9.57. The molecule has 10 heteroatoms. The average Bonchev–Trinajstić information content (AvgIpc) is 3.68. The van der Waals surface area contributed by atoms with Gasteiger partial charge in [0.05, 0.1) is 34.4 Å². The Hall–Kier alpha value is -2.68. The molecule has 4 aliphatic rings. The lowest BCUT2D eigenvalue weighted by atomic mass is 9.59. The molecule has 0 radical (unpaired) electrons. The lowest BCUT2D eigenvalue weighted by molar-refractivity contribution is -0.150. The van der Waals surface area contributed by atoms with Crippen LogP contribution in [0, 0.1) is 5.41 Å². The molecular weight excluding hydrogens is 517 g/mol. The van der Waals surface area contributed by atoms with Gasteiger partial charge in [-0.05, 0) is 57.4 Å². The molecule has 1 N–H and O–H groups in total. The van der Waals surface area contributed by atoms with Crippen molar-refractivity contribution in [2.75, 3.05) is 6.61 Å². The molecule has 0 saturated heterocycles. The minimum atomic E-state index is -0.997. The Labute approximate surface area is 224 Å². The van der Waals surface area contributed by atoms with E-state index in [0.717, 1.165) is 62.7 Å². The highest BCUT2D eigenvalue weighted by Crippen LogP contribution is 2.55. The largest absolute Gasteiger partial charge is 0.478 e. The molecule has 0 atom stereocenters. The summed E-state index contributed by atoms with van der Waals surface area (Å²) in [5.74, 6) is 0.714. The Bertz CT molecular complexity index is 1280. The molecule has 3 aromatic rings. The van der Waals surface area contributed by atoms with Crippen LogP contribution in [0.4, 0.5) is 0 Å². The summed E-state index contributed by atoms with van der Waals surface area (Å²) < 4.78 is 18.5. The van der Waals surface area contributed by atoms with Gasteiger partial charge in [-0.1, -0.05) is 28.4 Å². The van der Waals surface area contributed by atoms with Crippen LogP contribution in [0.15, 0.2) is 35.2 Å². The number of pyridine rings is 2. The van der Waals surface area contributed by atoms with Gasteiger partial charge in [0.1, 0.15) is 11.5 Å². The van der Waals surface area contributed by atoms with Crippen molar-refractivity contribution in [3.63, 3.8) is 0 Å². The molecule has 3 heterocycles. The third kappa shape index (κ3) is 4.82. The first-order valence-corrected chi connectivity index (χ1v) is 13.4. The molecule has 7 rings (SSSR count). The highest BCUT2D eigenvalue weighted by molar-refractivity contribution is 6.38. The number of aromatic carboxylic acids is 1. The first kappa shape index (κ1) is 24.6. The van der Waals surface area contributed by atoms with E-state index in [9.17, 15) is 4.79 Å². The molecule has 8 nitrogen and oxygen atoms in total. The van der Waals surface area contributed by atoms with E-state index in [1.807, 2.05) is 0 Å². The fraction of sp³-hybridized carbons (Fsp3) is 0.481. The fourth-order valence-corrected chi connectivity index (χ4v) is 6.21. The number of carbonyl (C=O) groups is 1. The number of hydrogen-bond donors (Lipinski definition) is 1. The van der Waals surface area contributed by atoms with E-state index in [-0.39, 0.29) is 16.6 Å². The quantitative estimate of drug-likeness (QED) is 0.317. The molecule has 4 aliphatic carbocycles. The zero-order chi connectivity index (χ0) is 25.6. The molecule has 4 fully saturated rings. The second-order valence-electron chi connectivity index (χ2n) is 10.6. The van der Waals surface area contributed by atoms with Gasteiger partial charge in [-0.2, -0.15) is 0 Å². The zero-order valence-electron chi connectivity index (χ0n) is 20.2. The molecule has 0 spiro atoms. The number of rotatable bonds is 9. The summed E-state index contributed by atoms with van der Waals surface area (Å²) in [6.45, 7) is 0.978. The van der Waals surface area contributed by atoms with Crippen molar-refractivity contribution in [1.82, 2.24) is 15.1 Å². The van der Waals surface area contributed by atoms with Gasteiger partial charge in [-0.25, -0.2) is 9.78 Å². The van der Waals surface area contributed by atoms with Crippen LogP contribution in [0.25, 0.3) is 11.3 Å². The Morgan fingerprint density at radius 3 is 2.35 bits per heavy atom. The summed E-state index contributed by atoms with van der Waals surface area (Å²) in [4.78, 5) is 19.2.